The SMILES string of the molecule is C[C@@H](NC(=O)c1n[nH]c2ccc(N)cc12)c1ccccc1. The van der Waals surface area contributed by atoms with Gasteiger partial charge in [-0.3, -0.25) is 9.89 Å². The largest absolute Gasteiger partial charge is 0.399 e. The van der Waals surface area contributed by atoms with Gasteiger partial charge in [0.2, 0.25) is 0 Å². The van der Waals surface area contributed by atoms with E-state index in [1.807, 2.05) is 43.3 Å². The van der Waals surface area contributed by atoms with Crippen molar-refractivity contribution in [2.24, 2.45) is 0 Å². The van der Waals surface area contributed by atoms with E-state index in [4.69, 9.17) is 5.73 Å². The Labute approximate surface area is 122 Å². The zero-order valence-corrected chi connectivity index (χ0v) is 11.6. The lowest BCUT2D eigenvalue weighted by Gasteiger charge is -2.13. The molecule has 0 saturated carbocycles. The molecule has 21 heavy (non-hydrogen) atoms. The van der Waals surface area contributed by atoms with Crippen molar-refractivity contribution >= 4 is 22.5 Å². The molecule has 0 fully saturated rings. The van der Waals surface area contributed by atoms with Gasteiger partial charge < -0.3 is 11.1 Å². The minimum atomic E-state index is -0.219. The van der Waals surface area contributed by atoms with Crippen LogP contribution in [0.2, 0.25) is 0 Å². The van der Waals surface area contributed by atoms with E-state index in [1.165, 1.54) is 0 Å². The van der Waals surface area contributed by atoms with Gasteiger partial charge in [-0.25, -0.2) is 0 Å². The molecular weight excluding hydrogens is 264 g/mol. The molecule has 3 aromatic rings. The smallest absolute Gasteiger partial charge is 0.272 e. The van der Waals surface area contributed by atoms with Crippen molar-refractivity contribution in [2.75, 3.05) is 5.73 Å². The maximum atomic E-state index is 12.4. The molecule has 0 spiro atoms. The molecule has 0 unspecified atom stereocenters. The molecule has 106 valence electrons. The maximum absolute atomic E-state index is 12.4. The summed E-state index contributed by atoms with van der Waals surface area (Å²) in [4.78, 5) is 12.4. The number of aromatic amines is 1. The predicted octanol–water partition coefficient (Wildman–Crippen LogP) is 2.64. The van der Waals surface area contributed by atoms with E-state index in [0.29, 0.717) is 11.4 Å². The Balaban J connectivity index is 1.86. The van der Waals surface area contributed by atoms with Crippen molar-refractivity contribution in [1.82, 2.24) is 15.5 Å². The molecule has 2 aromatic carbocycles. The van der Waals surface area contributed by atoms with Crippen LogP contribution < -0.4 is 11.1 Å². The molecule has 1 aromatic heterocycles. The number of nitrogens with zero attached hydrogens (tertiary/aromatic N) is 1. The molecule has 0 aliphatic rings. The number of carbonyl (C=O) groups is 1. The van der Waals surface area contributed by atoms with Gasteiger partial charge in [-0.2, -0.15) is 5.10 Å². The summed E-state index contributed by atoms with van der Waals surface area (Å²) in [6.07, 6.45) is 0. The molecule has 3 rings (SSSR count). The first-order valence-electron chi connectivity index (χ1n) is 6.74. The second kappa shape index (κ2) is 5.28. The third kappa shape index (κ3) is 2.58. The van der Waals surface area contributed by atoms with E-state index < -0.39 is 0 Å². The van der Waals surface area contributed by atoms with Gasteiger partial charge in [-0.1, -0.05) is 30.3 Å². The van der Waals surface area contributed by atoms with Gasteiger partial charge in [0.05, 0.1) is 11.6 Å². The summed E-state index contributed by atoms with van der Waals surface area (Å²) < 4.78 is 0. The normalized spacial score (nSPS) is 12.2. The van der Waals surface area contributed by atoms with Crippen LogP contribution in [-0.4, -0.2) is 16.1 Å². The first kappa shape index (κ1) is 13.2. The molecule has 1 atom stereocenters. The molecule has 0 aliphatic carbocycles. The van der Waals surface area contributed by atoms with E-state index in [2.05, 4.69) is 15.5 Å². The Bertz CT molecular complexity index is 779. The third-order valence-corrected chi connectivity index (χ3v) is 3.45. The summed E-state index contributed by atoms with van der Waals surface area (Å²) in [7, 11) is 0. The quantitative estimate of drug-likeness (QED) is 0.645. The average Bonchev–Trinajstić information content (AvgIpc) is 2.91. The second-order valence-corrected chi connectivity index (χ2v) is 4.98. The number of hydrogen-bond acceptors (Lipinski definition) is 3. The summed E-state index contributed by atoms with van der Waals surface area (Å²) >= 11 is 0. The standard InChI is InChI=1S/C16H16N4O/c1-10(11-5-3-2-4-6-11)18-16(21)15-13-9-12(17)7-8-14(13)19-20-15/h2-10H,17H2,1H3,(H,18,21)(H,19,20)/t10-/m1/s1. The van der Waals surface area contributed by atoms with Gasteiger partial charge in [0, 0.05) is 11.1 Å². The van der Waals surface area contributed by atoms with Crippen LogP contribution in [0.3, 0.4) is 0 Å². The highest BCUT2D eigenvalue weighted by Crippen LogP contribution is 2.20. The monoisotopic (exact) mass is 280 g/mol. The van der Waals surface area contributed by atoms with Gasteiger partial charge in [0.1, 0.15) is 0 Å². The van der Waals surface area contributed by atoms with Crippen molar-refractivity contribution in [3.8, 4) is 0 Å². The molecule has 0 radical (unpaired) electrons. The van der Waals surface area contributed by atoms with Crippen molar-refractivity contribution in [2.45, 2.75) is 13.0 Å². The summed E-state index contributed by atoms with van der Waals surface area (Å²) in [5.41, 5.74) is 8.58. The maximum Gasteiger partial charge on any atom is 0.272 e. The Morgan fingerprint density at radius 2 is 2.00 bits per heavy atom. The van der Waals surface area contributed by atoms with Gasteiger partial charge >= 0.3 is 0 Å². The van der Waals surface area contributed by atoms with Crippen molar-refractivity contribution in [3.63, 3.8) is 0 Å². The number of aromatic nitrogens is 2. The Kier molecular flexibility index (Phi) is 3.31. The first-order valence-corrected chi connectivity index (χ1v) is 6.74. The number of nitrogens with two attached hydrogens (primary N) is 1. The van der Waals surface area contributed by atoms with Crippen LogP contribution in [-0.2, 0) is 0 Å². The Morgan fingerprint density at radius 3 is 2.76 bits per heavy atom. The molecule has 5 nitrogen and oxygen atoms in total. The van der Waals surface area contributed by atoms with Gasteiger partial charge in [-0.15, -0.1) is 0 Å². The molecule has 0 saturated heterocycles. The van der Waals surface area contributed by atoms with Gasteiger partial charge in [0.25, 0.3) is 5.91 Å². The number of hydrogen-bond donors (Lipinski definition) is 3. The summed E-state index contributed by atoms with van der Waals surface area (Å²) in [6.45, 7) is 1.94. The predicted molar refractivity (Wildman–Crippen MR) is 82.8 cm³/mol. The third-order valence-electron chi connectivity index (χ3n) is 3.45. The fourth-order valence-electron chi connectivity index (χ4n) is 2.29. The number of benzene rings is 2. The number of nitrogens with one attached hydrogen (secondary N) is 2. The fraction of sp³-hybridized carbons (Fsp3) is 0.125. The average molecular weight is 280 g/mol. The summed E-state index contributed by atoms with van der Waals surface area (Å²) in [6, 6.07) is 15.0. The van der Waals surface area contributed by atoms with E-state index in [1.54, 1.807) is 12.1 Å². The van der Waals surface area contributed by atoms with E-state index >= 15 is 0 Å². The molecule has 1 heterocycles. The number of carbonyl (C=O) groups excluding carboxylic acids is 1. The lowest BCUT2D eigenvalue weighted by Crippen LogP contribution is -2.27. The van der Waals surface area contributed by atoms with Crippen molar-refractivity contribution < 1.29 is 4.79 Å². The number of nitrogen functional groups attached to an aromatic ring is 1. The van der Waals surface area contributed by atoms with Crippen LogP contribution in [0.25, 0.3) is 10.9 Å². The lowest BCUT2D eigenvalue weighted by molar-refractivity contribution is 0.0936. The molecule has 0 aliphatic heterocycles. The molecular formula is C16H16N4O. The minimum Gasteiger partial charge on any atom is -0.399 e. The van der Waals surface area contributed by atoms with Crippen LogP contribution >= 0.6 is 0 Å². The minimum absolute atomic E-state index is 0.0912. The molecule has 4 N–H and O–H groups in total. The van der Waals surface area contributed by atoms with Crippen LogP contribution in [0.4, 0.5) is 5.69 Å². The van der Waals surface area contributed by atoms with Gasteiger partial charge in [0.15, 0.2) is 5.69 Å². The van der Waals surface area contributed by atoms with Crippen molar-refractivity contribution in [3.05, 3.63) is 59.8 Å². The first-order chi connectivity index (χ1) is 10.1. The van der Waals surface area contributed by atoms with Crippen LogP contribution in [0.15, 0.2) is 48.5 Å². The number of rotatable bonds is 3. The topological polar surface area (TPSA) is 83.8 Å². The van der Waals surface area contributed by atoms with Crippen LogP contribution in [0, 0.1) is 0 Å². The molecule has 1 amide bonds. The lowest BCUT2D eigenvalue weighted by atomic mass is 10.1. The summed E-state index contributed by atoms with van der Waals surface area (Å²) in [5, 5.41) is 10.6. The summed E-state index contributed by atoms with van der Waals surface area (Å²) in [5.74, 6) is -0.219. The fourth-order valence-corrected chi connectivity index (χ4v) is 2.29. The number of amides is 1. The number of anilines is 1. The highest BCUT2D eigenvalue weighted by atomic mass is 16.2. The van der Waals surface area contributed by atoms with Crippen LogP contribution in [0.1, 0.15) is 29.0 Å². The van der Waals surface area contributed by atoms with E-state index in [0.717, 1.165) is 16.5 Å². The van der Waals surface area contributed by atoms with Crippen LogP contribution in [0.5, 0.6) is 0 Å². The highest BCUT2D eigenvalue weighted by Gasteiger charge is 2.17. The molecule has 5 heteroatoms. The molecule has 0 bridgehead atoms. The zero-order chi connectivity index (χ0) is 14.8. The Morgan fingerprint density at radius 1 is 1.24 bits per heavy atom. The highest BCUT2D eigenvalue weighted by molar-refractivity contribution is 6.05. The number of fused-ring (bicyclic) bond motifs is 1. The van der Waals surface area contributed by atoms with Gasteiger partial charge in [-0.05, 0) is 30.7 Å². The number of H-pyrrole nitrogens is 1. The zero-order valence-electron chi connectivity index (χ0n) is 11.6. The Hall–Kier alpha value is -2.82. The van der Waals surface area contributed by atoms with Crippen molar-refractivity contribution in [1.29, 1.82) is 0 Å². The van der Waals surface area contributed by atoms with E-state index in [-0.39, 0.29) is 11.9 Å². The second-order valence-electron chi connectivity index (χ2n) is 4.98. The van der Waals surface area contributed by atoms with E-state index in [9.17, 15) is 4.79 Å².